The number of nitrogens with two attached hydrogens (primary N) is 1. The van der Waals surface area contributed by atoms with E-state index in [0.717, 1.165) is 0 Å². The molecule has 1 aromatic carbocycles. The van der Waals surface area contributed by atoms with Crippen LogP contribution in [0.3, 0.4) is 0 Å². The summed E-state index contributed by atoms with van der Waals surface area (Å²) in [6.45, 7) is 3.06. The number of primary sulfonamides is 1. The molecule has 0 aliphatic heterocycles. The molecule has 7 nitrogen and oxygen atoms in total. The van der Waals surface area contributed by atoms with Gasteiger partial charge in [-0.2, -0.15) is 0 Å². The lowest BCUT2D eigenvalue weighted by atomic mass is 10.1. The van der Waals surface area contributed by atoms with Crippen LogP contribution in [-0.4, -0.2) is 26.8 Å². The number of carbonyl (C=O) groups excluding carboxylic acids is 2. The fraction of sp³-hybridized carbons (Fsp3) is 0.176. The van der Waals surface area contributed by atoms with Crippen molar-refractivity contribution in [2.75, 3.05) is 6.61 Å². The standard InChI is InChI=1S/C17H17NO6S/c1-3-23-17(20)15(11(2)19)10-13-6-9-16(24-13)12-4-7-14(8-5-12)25(18,21)22/h4-10H,3H2,1-2H3,(H2,18,21,22). The molecule has 0 atom stereocenters. The Balaban J connectivity index is 2.31. The largest absolute Gasteiger partial charge is 0.462 e. The van der Waals surface area contributed by atoms with Crippen LogP contribution < -0.4 is 5.14 Å². The van der Waals surface area contributed by atoms with Gasteiger partial charge in [0.1, 0.15) is 17.1 Å². The van der Waals surface area contributed by atoms with Crippen molar-refractivity contribution in [2.45, 2.75) is 18.7 Å². The van der Waals surface area contributed by atoms with E-state index in [0.29, 0.717) is 17.1 Å². The molecule has 0 saturated carbocycles. The number of ketones is 1. The first-order chi connectivity index (χ1) is 11.7. The maximum atomic E-state index is 11.8. The maximum absolute atomic E-state index is 11.8. The molecule has 2 rings (SSSR count). The summed E-state index contributed by atoms with van der Waals surface area (Å²) in [5, 5.41) is 5.05. The van der Waals surface area contributed by atoms with Crippen molar-refractivity contribution in [3.8, 4) is 11.3 Å². The Bertz CT molecular complexity index is 922. The Labute approximate surface area is 145 Å². The van der Waals surface area contributed by atoms with Crippen LogP contribution in [-0.2, 0) is 24.3 Å². The van der Waals surface area contributed by atoms with Gasteiger partial charge < -0.3 is 9.15 Å². The lowest BCUT2D eigenvalue weighted by Gasteiger charge is -2.02. The van der Waals surface area contributed by atoms with Crippen LogP contribution in [0.4, 0.5) is 0 Å². The van der Waals surface area contributed by atoms with Gasteiger partial charge in [0.2, 0.25) is 10.0 Å². The van der Waals surface area contributed by atoms with Gasteiger partial charge >= 0.3 is 5.97 Å². The molecule has 1 aromatic heterocycles. The minimum absolute atomic E-state index is 0.0101. The Hall–Kier alpha value is -2.71. The van der Waals surface area contributed by atoms with E-state index in [9.17, 15) is 18.0 Å². The van der Waals surface area contributed by atoms with E-state index < -0.39 is 21.8 Å². The zero-order valence-corrected chi connectivity index (χ0v) is 14.5. The van der Waals surface area contributed by atoms with Crippen molar-refractivity contribution in [1.29, 1.82) is 0 Å². The Morgan fingerprint density at radius 3 is 2.32 bits per heavy atom. The summed E-state index contributed by atoms with van der Waals surface area (Å²) >= 11 is 0. The minimum Gasteiger partial charge on any atom is -0.462 e. The number of carbonyl (C=O) groups is 2. The Morgan fingerprint density at radius 2 is 1.80 bits per heavy atom. The van der Waals surface area contributed by atoms with E-state index in [1.165, 1.54) is 25.1 Å². The minimum atomic E-state index is -3.77. The number of furan rings is 1. The SMILES string of the molecule is CCOC(=O)C(=Cc1ccc(-c2ccc(S(N)(=O)=O)cc2)o1)C(C)=O. The first-order valence-electron chi connectivity index (χ1n) is 7.35. The second-order valence-electron chi connectivity index (χ2n) is 5.11. The second-order valence-corrected chi connectivity index (χ2v) is 6.67. The van der Waals surface area contributed by atoms with E-state index in [4.69, 9.17) is 14.3 Å². The molecule has 8 heteroatoms. The fourth-order valence-corrected chi connectivity index (χ4v) is 2.57. The first kappa shape index (κ1) is 18.6. The van der Waals surface area contributed by atoms with Gasteiger partial charge in [-0.25, -0.2) is 18.4 Å². The molecule has 0 saturated heterocycles. The van der Waals surface area contributed by atoms with Gasteiger partial charge in [-0.05, 0) is 56.3 Å². The van der Waals surface area contributed by atoms with Crippen molar-refractivity contribution in [3.63, 3.8) is 0 Å². The van der Waals surface area contributed by atoms with Gasteiger partial charge in [0.05, 0.1) is 11.5 Å². The lowest BCUT2D eigenvalue weighted by molar-refractivity contribution is -0.139. The van der Waals surface area contributed by atoms with Gasteiger partial charge in [0, 0.05) is 5.56 Å². The first-order valence-corrected chi connectivity index (χ1v) is 8.90. The number of hydrogen-bond donors (Lipinski definition) is 1. The van der Waals surface area contributed by atoms with E-state index in [1.807, 2.05) is 0 Å². The lowest BCUT2D eigenvalue weighted by Crippen LogP contribution is -2.13. The van der Waals surface area contributed by atoms with E-state index in [1.54, 1.807) is 31.2 Å². The molecule has 0 aliphatic rings. The van der Waals surface area contributed by atoms with Gasteiger partial charge in [-0.3, -0.25) is 4.79 Å². The number of sulfonamides is 1. The summed E-state index contributed by atoms with van der Waals surface area (Å²) in [6, 6.07) is 9.04. The van der Waals surface area contributed by atoms with Crippen LogP contribution in [0.1, 0.15) is 19.6 Å². The highest BCUT2D eigenvalue weighted by molar-refractivity contribution is 7.89. The quantitative estimate of drug-likeness (QED) is 0.364. The Kier molecular flexibility index (Phi) is 5.55. The predicted octanol–water partition coefficient (Wildman–Crippen LogP) is 2.13. The maximum Gasteiger partial charge on any atom is 0.341 e. The molecule has 0 aliphatic carbocycles. The molecule has 2 aromatic rings. The number of hydrogen-bond acceptors (Lipinski definition) is 6. The number of Topliss-reactive ketones (excluding diaryl/α,β-unsaturated/α-hetero) is 1. The molecule has 0 fully saturated rings. The normalized spacial score (nSPS) is 12.0. The molecule has 0 amide bonds. The molecule has 0 bridgehead atoms. The zero-order valence-electron chi connectivity index (χ0n) is 13.7. The highest BCUT2D eigenvalue weighted by Crippen LogP contribution is 2.24. The molecule has 2 N–H and O–H groups in total. The van der Waals surface area contributed by atoms with Gasteiger partial charge in [-0.1, -0.05) is 0 Å². The average molecular weight is 363 g/mol. The Morgan fingerprint density at radius 1 is 1.16 bits per heavy atom. The highest BCUT2D eigenvalue weighted by Gasteiger charge is 2.17. The smallest absolute Gasteiger partial charge is 0.341 e. The molecular formula is C17H17NO6S. The molecule has 0 spiro atoms. The van der Waals surface area contributed by atoms with Crippen LogP contribution >= 0.6 is 0 Å². The van der Waals surface area contributed by atoms with Crippen LogP contribution in [0.2, 0.25) is 0 Å². The highest BCUT2D eigenvalue weighted by atomic mass is 32.2. The molecular weight excluding hydrogens is 346 g/mol. The monoisotopic (exact) mass is 363 g/mol. The molecule has 1 heterocycles. The third kappa shape index (κ3) is 4.65. The second kappa shape index (κ2) is 7.45. The third-order valence-electron chi connectivity index (χ3n) is 3.26. The average Bonchev–Trinajstić information content (AvgIpc) is 3.00. The molecule has 132 valence electrons. The summed E-state index contributed by atoms with van der Waals surface area (Å²) in [5.74, 6) is -0.415. The van der Waals surface area contributed by atoms with Crippen molar-refractivity contribution >= 4 is 27.9 Å². The van der Waals surface area contributed by atoms with Crippen molar-refractivity contribution in [3.05, 3.63) is 47.7 Å². The van der Waals surface area contributed by atoms with Crippen LogP contribution in [0, 0.1) is 0 Å². The van der Waals surface area contributed by atoms with E-state index >= 15 is 0 Å². The van der Waals surface area contributed by atoms with E-state index in [2.05, 4.69) is 0 Å². The molecule has 25 heavy (non-hydrogen) atoms. The van der Waals surface area contributed by atoms with Crippen LogP contribution in [0.5, 0.6) is 0 Å². The number of benzene rings is 1. The number of ether oxygens (including phenoxy) is 1. The molecule has 0 unspecified atom stereocenters. The summed E-state index contributed by atoms with van der Waals surface area (Å²) in [5.41, 5.74) is 0.500. The van der Waals surface area contributed by atoms with Crippen LogP contribution in [0.25, 0.3) is 17.4 Å². The van der Waals surface area contributed by atoms with Crippen molar-refractivity contribution in [2.24, 2.45) is 5.14 Å². The summed E-state index contributed by atoms with van der Waals surface area (Å²) in [4.78, 5) is 23.4. The molecule has 0 radical (unpaired) electrons. The number of rotatable bonds is 6. The zero-order chi connectivity index (χ0) is 18.6. The van der Waals surface area contributed by atoms with Crippen molar-refractivity contribution < 1.29 is 27.2 Å². The predicted molar refractivity (Wildman–Crippen MR) is 90.8 cm³/mol. The van der Waals surface area contributed by atoms with Gasteiger partial charge in [0.15, 0.2) is 5.78 Å². The van der Waals surface area contributed by atoms with Crippen LogP contribution in [0.15, 0.2) is 51.3 Å². The third-order valence-corrected chi connectivity index (χ3v) is 4.18. The van der Waals surface area contributed by atoms with Crippen molar-refractivity contribution in [1.82, 2.24) is 0 Å². The van der Waals surface area contributed by atoms with Gasteiger partial charge in [-0.15, -0.1) is 0 Å². The summed E-state index contributed by atoms with van der Waals surface area (Å²) in [6.07, 6.45) is 1.31. The summed E-state index contributed by atoms with van der Waals surface area (Å²) < 4.78 is 32.9. The summed E-state index contributed by atoms with van der Waals surface area (Å²) in [7, 11) is -3.77. The van der Waals surface area contributed by atoms with E-state index in [-0.39, 0.29) is 17.1 Å². The topological polar surface area (TPSA) is 117 Å². The fourth-order valence-electron chi connectivity index (χ4n) is 2.05. The number of esters is 1. The van der Waals surface area contributed by atoms with Gasteiger partial charge in [0.25, 0.3) is 0 Å².